The molecule has 0 saturated carbocycles. The highest BCUT2D eigenvalue weighted by molar-refractivity contribution is 9.10. The first kappa shape index (κ1) is 20.3. The first-order valence-electron chi connectivity index (χ1n) is 9.05. The lowest BCUT2D eigenvalue weighted by atomic mass is 9.64. The van der Waals surface area contributed by atoms with E-state index in [0.717, 1.165) is 10.0 Å². The zero-order valence-electron chi connectivity index (χ0n) is 15.6. The molecule has 1 aliphatic heterocycles. The number of cyclic esters (lactones) is 1. The van der Waals surface area contributed by atoms with Crippen LogP contribution in [-0.4, -0.2) is 18.5 Å². The van der Waals surface area contributed by atoms with Gasteiger partial charge >= 0.3 is 11.9 Å². The van der Waals surface area contributed by atoms with Crippen LogP contribution in [-0.2, 0) is 24.5 Å². The molecule has 0 amide bonds. The molecule has 2 aromatic rings. The molecule has 0 saturated heterocycles. The van der Waals surface area contributed by atoms with E-state index in [1.165, 1.54) is 12.1 Å². The molecule has 1 heterocycles. The van der Waals surface area contributed by atoms with Crippen LogP contribution in [0.25, 0.3) is 0 Å². The number of esters is 2. The molecule has 0 spiro atoms. The molecule has 2 atom stereocenters. The quantitative estimate of drug-likeness (QED) is 0.604. The molecule has 4 nitrogen and oxygen atoms in total. The maximum atomic E-state index is 13.5. The number of benzene rings is 2. The Morgan fingerprint density at radius 3 is 2.36 bits per heavy atom. The maximum Gasteiger partial charge on any atom is 0.374 e. The van der Waals surface area contributed by atoms with Crippen molar-refractivity contribution in [2.75, 3.05) is 6.61 Å². The van der Waals surface area contributed by atoms with Crippen LogP contribution in [0, 0.1) is 5.82 Å². The number of rotatable bonds is 5. The largest absolute Gasteiger partial charge is 0.460 e. The Kier molecular flexibility index (Phi) is 5.98. The number of allylic oxidation sites excluding steroid dienone is 1. The standard InChI is InChI=1S/C22H20BrFO4/c1-3-22(15-7-11-17(24)12-8-15)18(14-5-9-16(23)10-6-14)13-19(28-21(22)26)20(25)27-4-2/h5-13,18H,3-4H2,1-2H3/t18-,22+/m1/s1. The van der Waals surface area contributed by atoms with Gasteiger partial charge in [0.25, 0.3) is 0 Å². The fourth-order valence-corrected chi connectivity index (χ4v) is 3.89. The van der Waals surface area contributed by atoms with Crippen molar-refractivity contribution in [1.82, 2.24) is 0 Å². The normalized spacial score (nSPS) is 21.6. The monoisotopic (exact) mass is 446 g/mol. The first-order chi connectivity index (χ1) is 13.4. The molecular weight excluding hydrogens is 427 g/mol. The smallest absolute Gasteiger partial charge is 0.374 e. The summed E-state index contributed by atoms with van der Waals surface area (Å²) in [6, 6.07) is 13.4. The van der Waals surface area contributed by atoms with Crippen LogP contribution in [0.1, 0.15) is 37.3 Å². The van der Waals surface area contributed by atoms with Gasteiger partial charge in [-0.05, 0) is 54.8 Å². The van der Waals surface area contributed by atoms with Crippen LogP contribution in [0.15, 0.2) is 64.8 Å². The highest BCUT2D eigenvalue weighted by atomic mass is 79.9. The Labute approximate surface area is 171 Å². The minimum absolute atomic E-state index is 0.119. The Hall–Kier alpha value is -2.47. The van der Waals surface area contributed by atoms with Gasteiger partial charge in [-0.25, -0.2) is 9.18 Å². The molecule has 0 aromatic heterocycles. The van der Waals surface area contributed by atoms with E-state index < -0.39 is 23.3 Å². The van der Waals surface area contributed by atoms with Gasteiger partial charge in [-0.15, -0.1) is 0 Å². The van der Waals surface area contributed by atoms with E-state index in [1.54, 1.807) is 25.1 Å². The van der Waals surface area contributed by atoms with Crippen LogP contribution in [0.2, 0.25) is 0 Å². The maximum absolute atomic E-state index is 13.5. The Bertz CT molecular complexity index is 905. The third-order valence-electron chi connectivity index (χ3n) is 5.04. The van der Waals surface area contributed by atoms with Crippen molar-refractivity contribution in [3.63, 3.8) is 0 Å². The minimum atomic E-state index is -1.09. The molecule has 0 fully saturated rings. The summed E-state index contributed by atoms with van der Waals surface area (Å²) in [4.78, 5) is 25.5. The van der Waals surface area contributed by atoms with Gasteiger partial charge in [-0.2, -0.15) is 0 Å². The van der Waals surface area contributed by atoms with Crippen molar-refractivity contribution < 1.29 is 23.5 Å². The van der Waals surface area contributed by atoms with Gasteiger partial charge in [-0.3, -0.25) is 4.79 Å². The fraction of sp³-hybridized carbons (Fsp3) is 0.273. The second-order valence-corrected chi connectivity index (χ2v) is 7.42. The van der Waals surface area contributed by atoms with Crippen molar-refractivity contribution in [2.45, 2.75) is 31.6 Å². The molecule has 3 rings (SSSR count). The highest BCUT2D eigenvalue weighted by Crippen LogP contribution is 2.47. The lowest BCUT2D eigenvalue weighted by molar-refractivity contribution is -0.157. The Morgan fingerprint density at radius 1 is 1.14 bits per heavy atom. The molecule has 2 aromatic carbocycles. The molecule has 6 heteroatoms. The van der Waals surface area contributed by atoms with Gasteiger partial charge in [0.1, 0.15) is 11.2 Å². The minimum Gasteiger partial charge on any atom is -0.460 e. The predicted octanol–water partition coefficient (Wildman–Crippen LogP) is 5.02. The fourth-order valence-electron chi connectivity index (χ4n) is 3.62. The molecule has 0 N–H and O–H groups in total. The van der Waals surface area contributed by atoms with Gasteiger partial charge in [0.2, 0.25) is 5.76 Å². The van der Waals surface area contributed by atoms with Crippen molar-refractivity contribution in [3.8, 4) is 0 Å². The van der Waals surface area contributed by atoms with E-state index in [4.69, 9.17) is 9.47 Å². The third-order valence-corrected chi connectivity index (χ3v) is 5.57. The van der Waals surface area contributed by atoms with Crippen LogP contribution in [0.4, 0.5) is 4.39 Å². The topological polar surface area (TPSA) is 52.6 Å². The molecular formula is C22H20BrFO4. The van der Waals surface area contributed by atoms with E-state index in [2.05, 4.69) is 15.9 Å². The molecule has 1 aliphatic rings. The summed E-state index contributed by atoms with van der Waals surface area (Å²) in [5.41, 5.74) is 0.388. The number of halogens is 2. The Morgan fingerprint density at radius 2 is 1.79 bits per heavy atom. The summed E-state index contributed by atoms with van der Waals surface area (Å²) < 4.78 is 24.8. The van der Waals surface area contributed by atoms with Gasteiger partial charge < -0.3 is 9.47 Å². The van der Waals surface area contributed by atoms with Crippen molar-refractivity contribution in [1.29, 1.82) is 0 Å². The van der Waals surface area contributed by atoms with Crippen LogP contribution >= 0.6 is 15.9 Å². The average molecular weight is 447 g/mol. The summed E-state index contributed by atoms with van der Waals surface area (Å²) in [6.45, 7) is 3.73. The number of hydrogen-bond acceptors (Lipinski definition) is 4. The molecule has 28 heavy (non-hydrogen) atoms. The van der Waals surface area contributed by atoms with E-state index in [0.29, 0.717) is 12.0 Å². The molecule has 146 valence electrons. The van der Waals surface area contributed by atoms with Gasteiger partial charge in [-0.1, -0.05) is 47.1 Å². The second-order valence-electron chi connectivity index (χ2n) is 6.50. The van der Waals surface area contributed by atoms with E-state index in [-0.39, 0.29) is 18.2 Å². The van der Waals surface area contributed by atoms with Gasteiger partial charge in [0.15, 0.2) is 0 Å². The zero-order chi connectivity index (χ0) is 20.3. The van der Waals surface area contributed by atoms with E-state index >= 15 is 0 Å². The number of carbonyl (C=O) groups is 2. The zero-order valence-corrected chi connectivity index (χ0v) is 17.2. The third kappa shape index (κ3) is 3.61. The molecule has 0 unspecified atom stereocenters. The number of ether oxygens (including phenoxy) is 2. The SMILES string of the molecule is CCOC(=O)C1=C[C@H](c2ccc(Br)cc2)[C@](CC)(c2ccc(F)cc2)C(=O)O1. The van der Waals surface area contributed by atoms with Gasteiger partial charge in [0, 0.05) is 10.4 Å². The highest BCUT2D eigenvalue weighted by Gasteiger charge is 2.51. The summed E-state index contributed by atoms with van der Waals surface area (Å²) in [5.74, 6) is -2.22. The lowest BCUT2D eigenvalue weighted by Crippen LogP contribution is -2.45. The molecule has 0 aliphatic carbocycles. The van der Waals surface area contributed by atoms with Gasteiger partial charge in [0.05, 0.1) is 6.61 Å². The average Bonchev–Trinajstić information content (AvgIpc) is 2.69. The summed E-state index contributed by atoms with van der Waals surface area (Å²) in [7, 11) is 0. The first-order valence-corrected chi connectivity index (χ1v) is 9.84. The van der Waals surface area contributed by atoms with E-state index in [1.807, 2.05) is 31.2 Å². The summed E-state index contributed by atoms with van der Waals surface area (Å²) in [5, 5.41) is 0. The number of carbonyl (C=O) groups excluding carboxylic acids is 2. The summed E-state index contributed by atoms with van der Waals surface area (Å²) >= 11 is 3.41. The van der Waals surface area contributed by atoms with Crippen molar-refractivity contribution in [3.05, 3.63) is 81.8 Å². The van der Waals surface area contributed by atoms with Crippen LogP contribution in [0.3, 0.4) is 0 Å². The summed E-state index contributed by atoms with van der Waals surface area (Å²) in [6.07, 6.45) is 2.04. The Balaban J connectivity index is 2.20. The number of hydrogen-bond donors (Lipinski definition) is 0. The molecule has 0 bridgehead atoms. The lowest BCUT2D eigenvalue weighted by Gasteiger charge is -2.40. The molecule has 0 radical (unpaired) electrons. The second kappa shape index (κ2) is 8.27. The van der Waals surface area contributed by atoms with Crippen LogP contribution in [0.5, 0.6) is 0 Å². The van der Waals surface area contributed by atoms with Crippen molar-refractivity contribution in [2.24, 2.45) is 0 Å². The van der Waals surface area contributed by atoms with Crippen molar-refractivity contribution >= 4 is 27.9 Å². The van der Waals surface area contributed by atoms with E-state index in [9.17, 15) is 14.0 Å². The predicted molar refractivity (Wildman–Crippen MR) is 106 cm³/mol. The van der Waals surface area contributed by atoms with Crippen LogP contribution < -0.4 is 0 Å².